The zero-order chi connectivity index (χ0) is 8.27. The zero-order valence-corrected chi connectivity index (χ0v) is 7.71. The van der Waals surface area contributed by atoms with Gasteiger partial charge in [-0.3, -0.25) is 0 Å². The Hall–Kier alpha value is -0.0800. The standard InChI is InChI=1S/C9H20N2/c1-11(2)7-6-8-4-3-5-9(8)10/h8-9H,3-7,10H2,1-2H3. The maximum absolute atomic E-state index is 5.95. The van der Waals surface area contributed by atoms with E-state index in [0.29, 0.717) is 6.04 Å². The summed E-state index contributed by atoms with van der Waals surface area (Å²) in [6.45, 7) is 1.19. The minimum atomic E-state index is 0.495. The lowest BCUT2D eigenvalue weighted by Crippen LogP contribution is -2.27. The first kappa shape index (κ1) is 9.01. The van der Waals surface area contributed by atoms with Gasteiger partial charge in [0, 0.05) is 6.04 Å². The summed E-state index contributed by atoms with van der Waals surface area (Å²) in [6, 6.07) is 0.495. The van der Waals surface area contributed by atoms with Crippen molar-refractivity contribution in [2.24, 2.45) is 11.7 Å². The highest BCUT2D eigenvalue weighted by Crippen LogP contribution is 2.26. The van der Waals surface area contributed by atoms with Gasteiger partial charge < -0.3 is 10.6 Å². The minimum absolute atomic E-state index is 0.495. The Morgan fingerprint density at radius 2 is 2.09 bits per heavy atom. The molecule has 0 saturated heterocycles. The first-order valence-corrected chi connectivity index (χ1v) is 4.60. The maximum atomic E-state index is 5.95. The monoisotopic (exact) mass is 156 g/mol. The van der Waals surface area contributed by atoms with Gasteiger partial charge >= 0.3 is 0 Å². The molecule has 1 saturated carbocycles. The molecule has 0 aromatic carbocycles. The summed E-state index contributed by atoms with van der Waals surface area (Å²) in [5.74, 6) is 0.803. The molecule has 0 bridgehead atoms. The summed E-state index contributed by atoms with van der Waals surface area (Å²) in [7, 11) is 4.25. The van der Waals surface area contributed by atoms with Crippen molar-refractivity contribution >= 4 is 0 Å². The molecule has 0 aliphatic heterocycles. The number of nitrogens with two attached hydrogens (primary N) is 1. The predicted molar refractivity (Wildman–Crippen MR) is 48.5 cm³/mol. The van der Waals surface area contributed by atoms with Gasteiger partial charge in [0.1, 0.15) is 0 Å². The highest BCUT2D eigenvalue weighted by atomic mass is 15.0. The molecule has 1 aliphatic rings. The molecule has 0 amide bonds. The van der Waals surface area contributed by atoms with Crippen LogP contribution in [0.4, 0.5) is 0 Å². The Bertz CT molecular complexity index is 112. The summed E-state index contributed by atoms with van der Waals surface area (Å²) < 4.78 is 0. The van der Waals surface area contributed by atoms with Gasteiger partial charge in [0.2, 0.25) is 0 Å². The lowest BCUT2D eigenvalue weighted by molar-refractivity contribution is 0.337. The van der Waals surface area contributed by atoms with Crippen LogP contribution >= 0.6 is 0 Å². The molecule has 1 rings (SSSR count). The van der Waals surface area contributed by atoms with Crippen LogP contribution < -0.4 is 5.73 Å². The van der Waals surface area contributed by atoms with Crippen molar-refractivity contribution < 1.29 is 0 Å². The van der Waals surface area contributed by atoms with Crippen molar-refractivity contribution in [2.45, 2.75) is 31.7 Å². The third-order valence-corrected chi connectivity index (χ3v) is 2.66. The molecule has 0 heterocycles. The van der Waals surface area contributed by atoms with Crippen molar-refractivity contribution in [2.75, 3.05) is 20.6 Å². The van der Waals surface area contributed by atoms with Crippen LogP contribution in [0.1, 0.15) is 25.7 Å². The lowest BCUT2D eigenvalue weighted by Gasteiger charge is -2.17. The average molecular weight is 156 g/mol. The number of hydrogen-bond donors (Lipinski definition) is 1. The Kier molecular flexibility index (Phi) is 3.34. The molecule has 0 aromatic rings. The fourth-order valence-corrected chi connectivity index (χ4v) is 1.85. The van der Waals surface area contributed by atoms with Crippen molar-refractivity contribution in [3.8, 4) is 0 Å². The van der Waals surface area contributed by atoms with Crippen LogP contribution in [-0.2, 0) is 0 Å². The highest BCUT2D eigenvalue weighted by molar-refractivity contribution is 4.80. The SMILES string of the molecule is CN(C)CCC1CCCC1N. The van der Waals surface area contributed by atoms with E-state index >= 15 is 0 Å². The van der Waals surface area contributed by atoms with Crippen LogP contribution in [0.15, 0.2) is 0 Å². The van der Waals surface area contributed by atoms with Crippen LogP contribution in [0, 0.1) is 5.92 Å². The van der Waals surface area contributed by atoms with E-state index in [2.05, 4.69) is 19.0 Å². The van der Waals surface area contributed by atoms with Crippen LogP contribution in [0.3, 0.4) is 0 Å². The molecule has 1 aliphatic carbocycles. The average Bonchev–Trinajstić information content (AvgIpc) is 2.31. The third-order valence-electron chi connectivity index (χ3n) is 2.66. The second-order valence-corrected chi connectivity index (χ2v) is 3.95. The van der Waals surface area contributed by atoms with Gasteiger partial charge in [-0.2, -0.15) is 0 Å². The summed E-state index contributed by atoms with van der Waals surface area (Å²) in [5.41, 5.74) is 5.95. The number of nitrogens with zero attached hydrogens (tertiary/aromatic N) is 1. The molecule has 0 aromatic heterocycles. The Labute approximate surface area is 69.8 Å². The Balaban J connectivity index is 2.15. The quantitative estimate of drug-likeness (QED) is 0.662. The first-order valence-electron chi connectivity index (χ1n) is 4.60. The fourth-order valence-electron chi connectivity index (χ4n) is 1.85. The molecule has 11 heavy (non-hydrogen) atoms. The molecule has 2 unspecified atom stereocenters. The van der Waals surface area contributed by atoms with Crippen LogP contribution in [0.25, 0.3) is 0 Å². The molecule has 0 spiro atoms. The topological polar surface area (TPSA) is 29.3 Å². The maximum Gasteiger partial charge on any atom is 0.00676 e. The molecule has 2 heteroatoms. The summed E-state index contributed by atoms with van der Waals surface area (Å²) >= 11 is 0. The molecule has 0 radical (unpaired) electrons. The van der Waals surface area contributed by atoms with Crippen molar-refractivity contribution in [3.63, 3.8) is 0 Å². The van der Waals surface area contributed by atoms with E-state index in [1.165, 1.54) is 32.2 Å². The van der Waals surface area contributed by atoms with Gasteiger partial charge in [0.25, 0.3) is 0 Å². The van der Waals surface area contributed by atoms with E-state index in [-0.39, 0.29) is 0 Å². The summed E-state index contributed by atoms with van der Waals surface area (Å²) in [6.07, 6.45) is 5.24. The third kappa shape index (κ3) is 2.80. The smallest absolute Gasteiger partial charge is 0.00676 e. The van der Waals surface area contributed by atoms with E-state index < -0.39 is 0 Å². The molecule has 1 fully saturated rings. The Morgan fingerprint density at radius 3 is 2.55 bits per heavy atom. The number of hydrogen-bond acceptors (Lipinski definition) is 2. The van der Waals surface area contributed by atoms with Gasteiger partial charge in [-0.15, -0.1) is 0 Å². The van der Waals surface area contributed by atoms with Gasteiger partial charge in [0.05, 0.1) is 0 Å². The normalized spacial score (nSPS) is 31.6. The second-order valence-electron chi connectivity index (χ2n) is 3.95. The van der Waals surface area contributed by atoms with Crippen molar-refractivity contribution in [1.29, 1.82) is 0 Å². The zero-order valence-electron chi connectivity index (χ0n) is 7.71. The van der Waals surface area contributed by atoms with E-state index in [1.807, 2.05) is 0 Å². The van der Waals surface area contributed by atoms with Crippen molar-refractivity contribution in [3.05, 3.63) is 0 Å². The van der Waals surface area contributed by atoms with E-state index in [1.54, 1.807) is 0 Å². The molecule has 2 nitrogen and oxygen atoms in total. The summed E-state index contributed by atoms with van der Waals surface area (Å²) in [5, 5.41) is 0. The van der Waals surface area contributed by atoms with E-state index in [9.17, 15) is 0 Å². The van der Waals surface area contributed by atoms with Gasteiger partial charge in [0.15, 0.2) is 0 Å². The van der Waals surface area contributed by atoms with E-state index in [0.717, 1.165) is 5.92 Å². The van der Waals surface area contributed by atoms with Crippen LogP contribution in [-0.4, -0.2) is 31.6 Å². The largest absolute Gasteiger partial charge is 0.327 e. The van der Waals surface area contributed by atoms with Crippen LogP contribution in [0.5, 0.6) is 0 Å². The minimum Gasteiger partial charge on any atom is -0.327 e. The molecular weight excluding hydrogens is 136 g/mol. The lowest BCUT2D eigenvalue weighted by atomic mass is 10.0. The molecule has 66 valence electrons. The number of rotatable bonds is 3. The molecule has 2 atom stereocenters. The van der Waals surface area contributed by atoms with Gasteiger partial charge in [-0.25, -0.2) is 0 Å². The fraction of sp³-hybridized carbons (Fsp3) is 1.00. The predicted octanol–water partition coefficient (Wildman–Crippen LogP) is 1.07. The van der Waals surface area contributed by atoms with E-state index in [4.69, 9.17) is 5.73 Å². The first-order chi connectivity index (χ1) is 5.20. The Morgan fingerprint density at radius 1 is 1.36 bits per heavy atom. The molecular formula is C9H20N2. The summed E-state index contributed by atoms with van der Waals surface area (Å²) in [4.78, 5) is 2.24. The highest BCUT2D eigenvalue weighted by Gasteiger charge is 2.23. The molecule has 2 N–H and O–H groups in total. The van der Waals surface area contributed by atoms with Gasteiger partial charge in [-0.1, -0.05) is 6.42 Å². The van der Waals surface area contributed by atoms with Gasteiger partial charge in [-0.05, 0) is 45.8 Å². The van der Waals surface area contributed by atoms with Crippen molar-refractivity contribution in [1.82, 2.24) is 4.90 Å². The van der Waals surface area contributed by atoms with Crippen LogP contribution in [0.2, 0.25) is 0 Å². The second kappa shape index (κ2) is 4.07.